The largest absolute Gasteiger partial charge is 0.490 e. The number of anilines is 1. The summed E-state index contributed by atoms with van der Waals surface area (Å²) < 4.78 is 43.0. The molecule has 2 aliphatic rings. The summed E-state index contributed by atoms with van der Waals surface area (Å²) in [5.74, 6) is 1.27. The van der Waals surface area contributed by atoms with E-state index in [0.29, 0.717) is 28.7 Å². The molecule has 5 rings (SSSR count). The number of nitrogens with two attached hydrogens (primary N) is 1. The second-order valence-corrected chi connectivity index (χ2v) is 13.1. The fraction of sp³-hybridized carbons (Fsp3) is 0.423. The maximum Gasteiger partial charge on any atom is 0.275 e. The maximum atomic E-state index is 13.7. The normalized spacial score (nSPS) is 24.8. The number of aryl methyl sites for hydroxylation is 1. The van der Waals surface area contributed by atoms with Gasteiger partial charge >= 0.3 is 0 Å². The van der Waals surface area contributed by atoms with Gasteiger partial charge in [0.25, 0.3) is 5.91 Å². The van der Waals surface area contributed by atoms with E-state index in [-0.39, 0.29) is 36.5 Å². The number of amides is 1. The zero-order valence-electron chi connectivity index (χ0n) is 22.3. The number of fused-ring (bicyclic) bond motifs is 3. The molecule has 0 radical (unpaired) electrons. The fourth-order valence-corrected chi connectivity index (χ4v) is 7.19. The lowest BCUT2D eigenvalue weighted by molar-refractivity contribution is 0.102. The number of sulfone groups is 1. The first-order valence-electron chi connectivity index (χ1n) is 12.4. The van der Waals surface area contributed by atoms with Crippen molar-refractivity contribution in [2.45, 2.75) is 69.3 Å². The van der Waals surface area contributed by atoms with Gasteiger partial charge in [-0.3, -0.25) is 9.79 Å². The van der Waals surface area contributed by atoms with Crippen LogP contribution in [0.4, 0.5) is 5.69 Å². The van der Waals surface area contributed by atoms with Crippen molar-refractivity contribution in [3.05, 3.63) is 59.7 Å². The second-order valence-electron chi connectivity index (χ2n) is 10.4. The zero-order chi connectivity index (χ0) is 28.2. The molecule has 13 heteroatoms. The number of nitrogens with one attached hydrogen (secondary N) is 1. The number of hydrogen-bond acceptors (Lipinski definition) is 11. The molecule has 0 unspecified atom stereocenters. The van der Waals surface area contributed by atoms with E-state index < -0.39 is 31.3 Å². The van der Waals surface area contributed by atoms with Gasteiger partial charge in [-0.05, 0) is 52.8 Å². The van der Waals surface area contributed by atoms with Crippen LogP contribution in [0, 0.1) is 6.92 Å². The molecular formula is C26H30N6O6S. The molecule has 39 heavy (non-hydrogen) atoms. The number of carbonyl (C=O) groups is 1. The van der Waals surface area contributed by atoms with Crippen LogP contribution < -0.4 is 20.5 Å². The van der Waals surface area contributed by atoms with Crippen LogP contribution in [0.5, 0.6) is 11.6 Å². The molecule has 1 aromatic carbocycles. The monoisotopic (exact) mass is 554 g/mol. The van der Waals surface area contributed by atoms with Crippen LogP contribution in [0.15, 0.2) is 46.2 Å². The molecule has 3 atom stereocenters. The quantitative estimate of drug-likeness (QED) is 0.477. The lowest BCUT2D eigenvalue weighted by Gasteiger charge is -2.43. The molecule has 2 aliphatic heterocycles. The van der Waals surface area contributed by atoms with Crippen molar-refractivity contribution in [2.75, 3.05) is 5.32 Å². The van der Waals surface area contributed by atoms with Crippen LogP contribution in [0.3, 0.4) is 0 Å². The summed E-state index contributed by atoms with van der Waals surface area (Å²) in [4.78, 5) is 30.0. The van der Waals surface area contributed by atoms with Gasteiger partial charge < -0.3 is 24.9 Å². The molecule has 0 saturated carbocycles. The zero-order valence-corrected chi connectivity index (χ0v) is 23.1. The number of benzene rings is 1. The Balaban J connectivity index is 1.40. The molecule has 0 fully saturated rings. The van der Waals surface area contributed by atoms with Gasteiger partial charge in [-0.2, -0.15) is 0 Å². The number of amidine groups is 1. The van der Waals surface area contributed by atoms with Gasteiger partial charge in [0.15, 0.2) is 16.4 Å². The minimum absolute atomic E-state index is 0.0340. The van der Waals surface area contributed by atoms with E-state index in [2.05, 4.69) is 20.3 Å². The summed E-state index contributed by atoms with van der Waals surface area (Å²) in [5, 5.41) is 1.92. The van der Waals surface area contributed by atoms with Gasteiger partial charge in [-0.25, -0.2) is 23.4 Å². The van der Waals surface area contributed by atoms with Gasteiger partial charge in [0.2, 0.25) is 11.8 Å². The molecule has 3 N–H and O–H groups in total. The van der Waals surface area contributed by atoms with Gasteiger partial charge in [-0.15, -0.1) is 0 Å². The predicted molar refractivity (Wildman–Crippen MR) is 142 cm³/mol. The molecular weight excluding hydrogens is 524 g/mol. The standard InChI is InChI=1S/C26H30N6O6S/c1-14-8-20-26(5,32-24(27)25(3,4)39(20,34)35)17-9-16(6-7-19(17)37-14)31-23(33)18-11-30-21(12-28-18)36-13-22-29-10-15(2)38-22/h6-7,9-12,14,20H,8,13H2,1-5H3,(H2,27,32)(H,31,33)/t14-,20+,26+/m0/s1. The minimum atomic E-state index is -3.74. The number of ether oxygens (including phenoxy) is 2. The van der Waals surface area contributed by atoms with Crippen LogP contribution in [0.25, 0.3) is 0 Å². The van der Waals surface area contributed by atoms with Gasteiger partial charge in [0, 0.05) is 17.7 Å². The fourth-order valence-electron chi connectivity index (χ4n) is 4.83. The van der Waals surface area contributed by atoms with Crippen molar-refractivity contribution in [1.29, 1.82) is 0 Å². The summed E-state index contributed by atoms with van der Waals surface area (Å²) in [7, 11) is -3.74. The molecule has 4 heterocycles. The van der Waals surface area contributed by atoms with Gasteiger partial charge in [0.05, 0.1) is 29.9 Å². The molecule has 2 aromatic heterocycles. The number of hydrogen-bond donors (Lipinski definition) is 2. The molecule has 12 nitrogen and oxygen atoms in total. The Hall–Kier alpha value is -4.00. The minimum Gasteiger partial charge on any atom is -0.490 e. The third-order valence-corrected chi connectivity index (χ3v) is 10.2. The highest BCUT2D eigenvalue weighted by atomic mass is 32.2. The highest BCUT2D eigenvalue weighted by molar-refractivity contribution is 7.94. The van der Waals surface area contributed by atoms with Crippen LogP contribution in [0.2, 0.25) is 0 Å². The summed E-state index contributed by atoms with van der Waals surface area (Å²) in [6.45, 7) is 8.56. The topological polar surface area (TPSA) is 172 Å². The number of oxazole rings is 1. The van der Waals surface area contributed by atoms with E-state index >= 15 is 0 Å². The van der Waals surface area contributed by atoms with E-state index in [4.69, 9.17) is 24.6 Å². The van der Waals surface area contributed by atoms with E-state index in [1.165, 1.54) is 12.4 Å². The lowest BCUT2D eigenvalue weighted by Crippen LogP contribution is -2.60. The maximum absolute atomic E-state index is 13.7. The van der Waals surface area contributed by atoms with E-state index in [9.17, 15) is 13.2 Å². The Kier molecular flexibility index (Phi) is 6.36. The van der Waals surface area contributed by atoms with Crippen LogP contribution in [0.1, 0.15) is 61.8 Å². The Morgan fingerprint density at radius 2 is 1.95 bits per heavy atom. The van der Waals surface area contributed by atoms with E-state index in [1.54, 1.807) is 52.1 Å². The van der Waals surface area contributed by atoms with Crippen LogP contribution in [-0.2, 0) is 22.0 Å². The number of aliphatic imine (C=N–C) groups is 1. The molecule has 0 bridgehead atoms. The Morgan fingerprint density at radius 1 is 1.18 bits per heavy atom. The molecule has 0 aliphatic carbocycles. The highest BCUT2D eigenvalue weighted by Gasteiger charge is 2.58. The van der Waals surface area contributed by atoms with Crippen molar-refractivity contribution in [2.24, 2.45) is 10.7 Å². The number of carbonyl (C=O) groups excluding carboxylic acids is 1. The van der Waals surface area contributed by atoms with Gasteiger partial charge in [0.1, 0.15) is 33.3 Å². The van der Waals surface area contributed by atoms with E-state index in [1.807, 2.05) is 6.92 Å². The van der Waals surface area contributed by atoms with Crippen molar-refractivity contribution < 1.29 is 27.1 Å². The van der Waals surface area contributed by atoms with Gasteiger partial charge in [-0.1, -0.05) is 0 Å². The Labute approximate surface area is 226 Å². The van der Waals surface area contributed by atoms with Crippen molar-refractivity contribution >= 4 is 27.3 Å². The first-order chi connectivity index (χ1) is 18.3. The first-order valence-corrected chi connectivity index (χ1v) is 13.9. The third-order valence-electron chi connectivity index (χ3n) is 7.21. The first kappa shape index (κ1) is 26.6. The average molecular weight is 555 g/mol. The number of aromatic nitrogens is 3. The molecule has 0 spiro atoms. The predicted octanol–water partition coefficient (Wildman–Crippen LogP) is 2.92. The summed E-state index contributed by atoms with van der Waals surface area (Å²) in [6.07, 6.45) is 4.07. The summed E-state index contributed by atoms with van der Waals surface area (Å²) >= 11 is 0. The number of rotatable bonds is 5. The second kappa shape index (κ2) is 9.33. The Bertz CT molecular complexity index is 1570. The summed E-state index contributed by atoms with van der Waals surface area (Å²) in [5.41, 5.74) is 5.99. The molecule has 0 saturated heterocycles. The summed E-state index contributed by atoms with van der Waals surface area (Å²) in [6, 6.07) is 5.04. The van der Waals surface area contributed by atoms with Crippen molar-refractivity contribution in [3.63, 3.8) is 0 Å². The van der Waals surface area contributed by atoms with E-state index in [0.717, 1.165) is 0 Å². The SMILES string of the molecule is Cc1cnc(COc2cnc(C(=O)Nc3ccc4c(c3)[C@@]3(C)N=C(N)C(C)(C)S(=O)(=O)[C@@H]3C[C@H](C)O4)cn2)o1. The smallest absolute Gasteiger partial charge is 0.275 e. The Morgan fingerprint density at radius 3 is 2.62 bits per heavy atom. The highest BCUT2D eigenvalue weighted by Crippen LogP contribution is 2.49. The van der Waals surface area contributed by atoms with Crippen molar-refractivity contribution in [1.82, 2.24) is 15.0 Å². The van der Waals surface area contributed by atoms with Crippen molar-refractivity contribution in [3.8, 4) is 11.6 Å². The third kappa shape index (κ3) is 4.60. The molecule has 206 valence electrons. The average Bonchev–Trinajstić information content (AvgIpc) is 3.26. The number of nitrogens with zero attached hydrogens (tertiary/aromatic N) is 4. The van der Waals surface area contributed by atoms with Crippen LogP contribution >= 0.6 is 0 Å². The van der Waals surface area contributed by atoms with Crippen LogP contribution in [-0.4, -0.2) is 51.2 Å². The molecule has 1 amide bonds. The molecule has 3 aromatic rings. The lowest BCUT2D eigenvalue weighted by atomic mass is 9.85.